The standard InChI is InChI=1S/C17H29NO3/c1-6-18-13-16(21-12-11-17(2,3)20-5)14-7-9-15(19-4)10-8-14/h7-10,16,18H,6,11-13H2,1-5H3. The van der Waals surface area contributed by atoms with E-state index in [9.17, 15) is 0 Å². The van der Waals surface area contributed by atoms with E-state index in [0.29, 0.717) is 6.61 Å². The van der Waals surface area contributed by atoms with Gasteiger partial charge in [0.15, 0.2) is 0 Å². The van der Waals surface area contributed by atoms with Gasteiger partial charge in [-0.3, -0.25) is 0 Å². The van der Waals surface area contributed by atoms with Crippen LogP contribution >= 0.6 is 0 Å². The lowest BCUT2D eigenvalue weighted by molar-refractivity contribution is -0.0271. The summed E-state index contributed by atoms with van der Waals surface area (Å²) in [7, 11) is 3.41. The van der Waals surface area contributed by atoms with E-state index >= 15 is 0 Å². The molecule has 0 heterocycles. The number of likely N-dealkylation sites (N-methyl/N-ethyl adjacent to an activating group) is 1. The molecule has 0 amide bonds. The van der Waals surface area contributed by atoms with E-state index in [1.807, 2.05) is 12.1 Å². The van der Waals surface area contributed by atoms with Gasteiger partial charge in [-0.15, -0.1) is 0 Å². The Labute approximate surface area is 128 Å². The Kier molecular flexibility index (Phi) is 7.72. The SMILES string of the molecule is CCNCC(OCCC(C)(C)OC)c1ccc(OC)cc1. The van der Waals surface area contributed by atoms with Crippen molar-refractivity contribution in [2.24, 2.45) is 0 Å². The molecule has 1 N–H and O–H groups in total. The highest BCUT2D eigenvalue weighted by molar-refractivity contribution is 5.28. The van der Waals surface area contributed by atoms with Gasteiger partial charge in [0.05, 0.1) is 25.4 Å². The summed E-state index contributed by atoms with van der Waals surface area (Å²) in [6.07, 6.45) is 0.908. The van der Waals surface area contributed by atoms with E-state index in [-0.39, 0.29) is 11.7 Å². The van der Waals surface area contributed by atoms with Crippen molar-refractivity contribution >= 4 is 0 Å². The quantitative estimate of drug-likeness (QED) is 0.719. The minimum absolute atomic E-state index is 0.0449. The number of benzene rings is 1. The summed E-state index contributed by atoms with van der Waals surface area (Å²) in [6, 6.07) is 8.05. The number of methoxy groups -OCH3 is 2. The summed E-state index contributed by atoms with van der Waals surface area (Å²) >= 11 is 0. The molecule has 0 spiro atoms. The van der Waals surface area contributed by atoms with Crippen LogP contribution in [0.2, 0.25) is 0 Å². The lowest BCUT2D eigenvalue weighted by Crippen LogP contribution is -2.27. The first kappa shape index (κ1) is 18.0. The predicted molar refractivity (Wildman–Crippen MR) is 85.9 cm³/mol. The van der Waals surface area contributed by atoms with Gasteiger partial charge in [0.2, 0.25) is 0 Å². The fourth-order valence-electron chi connectivity index (χ4n) is 1.92. The van der Waals surface area contributed by atoms with Crippen LogP contribution in [0.5, 0.6) is 5.75 Å². The minimum Gasteiger partial charge on any atom is -0.497 e. The molecule has 4 nitrogen and oxygen atoms in total. The van der Waals surface area contributed by atoms with Crippen LogP contribution in [0, 0.1) is 0 Å². The molecule has 0 fully saturated rings. The third-order valence-corrected chi connectivity index (χ3v) is 3.64. The number of hydrogen-bond donors (Lipinski definition) is 1. The van der Waals surface area contributed by atoms with Gasteiger partial charge in [-0.1, -0.05) is 19.1 Å². The zero-order valence-corrected chi connectivity index (χ0v) is 13.9. The van der Waals surface area contributed by atoms with Gasteiger partial charge in [-0.2, -0.15) is 0 Å². The van der Waals surface area contributed by atoms with Crippen LogP contribution in [0.25, 0.3) is 0 Å². The molecular formula is C17H29NO3. The van der Waals surface area contributed by atoms with E-state index in [4.69, 9.17) is 14.2 Å². The molecule has 0 aliphatic rings. The molecular weight excluding hydrogens is 266 g/mol. The lowest BCUT2D eigenvalue weighted by Gasteiger charge is -2.25. The van der Waals surface area contributed by atoms with Gasteiger partial charge in [-0.05, 0) is 44.5 Å². The fourth-order valence-corrected chi connectivity index (χ4v) is 1.92. The van der Waals surface area contributed by atoms with Crippen molar-refractivity contribution in [3.05, 3.63) is 29.8 Å². The molecule has 0 aliphatic heterocycles. The van der Waals surface area contributed by atoms with E-state index in [1.165, 1.54) is 0 Å². The lowest BCUT2D eigenvalue weighted by atomic mass is 10.1. The van der Waals surface area contributed by atoms with E-state index < -0.39 is 0 Å². The third-order valence-electron chi connectivity index (χ3n) is 3.64. The van der Waals surface area contributed by atoms with Crippen molar-refractivity contribution in [3.8, 4) is 5.75 Å². The van der Waals surface area contributed by atoms with Gasteiger partial charge < -0.3 is 19.5 Å². The summed E-state index contributed by atoms with van der Waals surface area (Å²) < 4.78 is 16.7. The van der Waals surface area contributed by atoms with Crippen molar-refractivity contribution < 1.29 is 14.2 Å². The second-order valence-electron chi connectivity index (χ2n) is 5.65. The second-order valence-corrected chi connectivity index (χ2v) is 5.65. The van der Waals surface area contributed by atoms with Crippen LogP contribution in [0.3, 0.4) is 0 Å². The molecule has 0 aliphatic carbocycles. The average molecular weight is 295 g/mol. The monoisotopic (exact) mass is 295 g/mol. The van der Waals surface area contributed by atoms with Crippen molar-refractivity contribution in [2.75, 3.05) is 33.9 Å². The molecule has 4 heteroatoms. The summed E-state index contributed by atoms with van der Waals surface area (Å²) in [5.74, 6) is 0.862. The molecule has 0 bridgehead atoms. The Morgan fingerprint density at radius 3 is 2.33 bits per heavy atom. The maximum absolute atomic E-state index is 6.06. The van der Waals surface area contributed by atoms with Gasteiger partial charge >= 0.3 is 0 Å². The minimum atomic E-state index is -0.150. The predicted octanol–water partition coefficient (Wildman–Crippen LogP) is 3.18. The summed E-state index contributed by atoms with van der Waals surface area (Å²) in [5.41, 5.74) is 1.01. The van der Waals surface area contributed by atoms with Crippen LogP contribution in [0.1, 0.15) is 38.9 Å². The Bertz CT molecular complexity index is 390. The topological polar surface area (TPSA) is 39.7 Å². The van der Waals surface area contributed by atoms with Crippen molar-refractivity contribution in [1.82, 2.24) is 5.32 Å². The molecule has 0 aromatic heterocycles. The Morgan fingerprint density at radius 2 is 1.81 bits per heavy atom. The van der Waals surface area contributed by atoms with Gasteiger partial charge in [0.1, 0.15) is 5.75 Å². The molecule has 0 radical (unpaired) electrons. The van der Waals surface area contributed by atoms with Crippen molar-refractivity contribution in [1.29, 1.82) is 0 Å². The summed E-state index contributed by atoms with van der Waals surface area (Å²) in [4.78, 5) is 0. The maximum atomic E-state index is 6.06. The first-order valence-electron chi connectivity index (χ1n) is 7.54. The highest BCUT2D eigenvalue weighted by atomic mass is 16.5. The first-order chi connectivity index (χ1) is 10.0. The molecule has 21 heavy (non-hydrogen) atoms. The first-order valence-corrected chi connectivity index (χ1v) is 7.54. The van der Waals surface area contributed by atoms with Crippen LogP contribution in [-0.4, -0.2) is 39.5 Å². The number of rotatable bonds is 10. The second kappa shape index (κ2) is 9.03. The number of nitrogens with one attached hydrogen (secondary N) is 1. The van der Waals surface area contributed by atoms with Crippen LogP contribution in [0.4, 0.5) is 0 Å². The molecule has 1 unspecified atom stereocenters. The van der Waals surface area contributed by atoms with Gasteiger partial charge in [-0.25, -0.2) is 0 Å². The molecule has 1 aromatic carbocycles. The van der Waals surface area contributed by atoms with Crippen molar-refractivity contribution in [2.45, 2.75) is 38.9 Å². The highest BCUT2D eigenvalue weighted by Crippen LogP contribution is 2.22. The smallest absolute Gasteiger partial charge is 0.118 e. The summed E-state index contributed by atoms with van der Waals surface area (Å²) in [5, 5.41) is 3.35. The molecule has 1 aromatic rings. The van der Waals surface area contributed by atoms with E-state index in [0.717, 1.165) is 30.8 Å². The Hall–Kier alpha value is -1.10. The molecule has 1 atom stereocenters. The molecule has 1 rings (SSSR count). The van der Waals surface area contributed by atoms with E-state index in [2.05, 4.69) is 38.2 Å². The number of ether oxygens (including phenoxy) is 3. The zero-order valence-electron chi connectivity index (χ0n) is 13.9. The molecule has 0 saturated carbocycles. The van der Waals surface area contributed by atoms with E-state index in [1.54, 1.807) is 14.2 Å². The Balaban J connectivity index is 2.61. The maximum Gasteiger partial charge on any atom is 0.118 e. The molecule has 120 valence electrons. The van der Waals surface area contributed by atoms with Crippen molar-refractivity contribution in [3.63, 3.8) is 0 Å². The largest absolute Gasteiger partial charge is 0.497 e. The average Bonchev–Trinajstić information content (AvgIpc) is 2.50. The van der Waals surface area contributed by atoms with Gasteiger partial charge in [0.25, 0.3) is 0 Å². The fraction of sp³-hybridized carbons (Fsp3) is 0.647. The summed E-state index contributed by atoms with van der Waals surface area (Å²) in [6.45, 7) is 8.64. The normalized spacial score (nSPS) is 13.2. The third kappa shape index (κ3) is 6.46. The molecule has 0 saturated heterocycles. The van der Waals surface area contributed by atoms with Crippen LogP contribution in [0.15, 0.2) is 24.3 Å². The Morgan fingerprint density at radius 1 is 1.14 bits per heavy atom. The zero-order chi connectivity index (χ0) is 15.7. The van der Waals surface area contributed by atoms with Crippen LogP contribution in [-0.2, 0) is 9.47 Å². The van der Waals surface area contributed by atoms with Crippen LogP contribution < -0.4 is 10.1 Å². The number of hydrogen-bond acceptors (Lipinski definition) is 4. The highest BCUT2D eigenvalue weighted by Gasteiger charge is 2.18. The van der Waals surface area contributed by atoms with Gasteiger partial charge in [0, 0.05) is 13.7 Å².